The lowest BCUT2D eigenvalue weighted by molar-refractivity contribution is 0.0899. The average Bonchev–Trinajstić information content (AvgIpc) is 3.04. The fraction of sp³-hybridized carbons (Fsp3) is 0.235. The summed E-state index contributed by atoms with van der Waals surface area (Å²) in [5, 5.41) is 17.8. The van der Waals surface area contributed by atoms with Crippen molar-refractivity contribution >= 4 is 15.9 Å². The number of benzene rings is 2. The van der Waals surface area contributed by atoms with Crippen molar-refractivity contribution in [2.24, 2.45) is 0 Å². The lowest BCUT2D eigenvalue weighted by atomic mass is 10.2. The lowest BCUT2D eigenvalue weighted by Gasteiger charge is -2.07. The molecule has 2 unspecified atom stereocenters. The van der Waals surface area contributed by atoms with Gasteiger partial charge in [0.1, 0.15) is 45.5 Å². The number of methoxy groups -OCH3 is 2. The van der Waals surface area contributed by atoms with E-state index in [1.165, 1.54) is 12.4 Å². The van der Waals surface area contributed by atoms with Crippen molar-refractivity contribution in [3.63, 3.8) is 0 Å². The molecule has 8 nitrogen and oxygen atoms in total. The van der Waals surface area contributed by atoms with Crippen LogP contribution in [0.2, 0.25) is 0 Å². The Hall–Kier alpha value is -4.54. The van der Waals surface area contributed by atoms with Crippen LogP contribution in [0.4, 0.5) is 0 Å². The molecular weight excluding hydrogens is 612 g/mol. The predicted molar refractivity (Wildman–Crippen MR) is 170 cm³/mol. The number of hydrogen-bond acceptors (Lipinski definition) is 8. The first kappa shape index (κ1) is 34.7. The van der Waals surface area contributed by atoms with Gasteiger partial charge in [-0.1, -0.05) is 36.1 Å². The summed E-state index contributed by atoms with van der Waals surface area (Å²) >= 11 is 3.12. The van der Waals surface area contributed by atoms with Crippen molar-refractivity contribution in [2.45, 2.75) is 39.3 Å². The van der Waals surface area contributed by atoms with Gasteiger partial charge in [-0.15, -0.1) is 6.42 Å². The Labute approximate surface area is 261 Å². The Balaban J connectivity index is 0.000000251. The normalized spacial score (nSPS) is 11.1. The van der Waals surface area contributed by atoms with E-state index < -0.39 is 0 Å². The Morgan fingerprint density at radius 3 is 1.60 bits per heavy atom. The van der Waals surface area contributed by atoms with Crippen molar-refractivity contribution in [1.29, 1.82) is 0 Å². The smallest absolute Gasteiger partial charge is 0.133 e. The summed E-state index contributed by atoms with van der Waals surface area (Å²) in [5.41, 5.74) is 2.76. The maximum Gasteiger partial charge on any atom is 0.133 e. The second-order valence-corrected chi connectivity index (χ2v) is 9.59. The number of terminal acetylenes is 1. The molecule has 0 aliphatic rings. The van der Waals surface area contributed by atoms with Gasteiger partial charge in [-0.3, -0.25) is 0 Å². The molecule has 0 spiro atoms. The summed E-state index contributed by atoms with van der Waals surface area (Å²) in [6.07, 6.45) is 7.59. The highest BCUT2D eigenvalue weighted by Crippen LogP contribution is 2.14. The van der Waals surface area contributed by atoms with Crippen LogP contribution in [0.25, 0.3) is 0 Å². The van der Waals surface area contributed by atoms with Crippen LogP contribution in [0.1, 0.15) is 30.7 Å². The zero-order valence-electron chi connectivity index (χ0n) is 24.5. The van der Waals surface area contributed by atoms with Gasteiger partial charge in [0.25, 0.3) is 0 Å². The van der Waals surface area contributed by atoms with Gasteiger partial charge in [-0.25, -0.2) is 9.97 Å². The van der Waals surface area contributed by atoms with Crippen LogP contribution in [0.5, 0.6) is 23.0 Å². The molecule has 4 aromatic rings. The van der Waals surface area contributed by atoms with Crippen LogP contribution in [0.15, 0.2) is 89.8 Å². The van der Waals surface area contributed by atoms with E-state index in [4.69, 9.17) is 35.6 Å². The second-order valence-electron chi connectivity index (χ2n) is 8.78. The van der Waals surface area contributed by atoms with E-state index in [1.54, 1.807) is 38.5 Å². The molecule has 224 valence electrons. The Bertz CT molecular complexity index is 1420. The molecule has 0 radical (unpaired) electrons. The molecule has 9 heteroatoms. The van der Waals surface area contributed by atoms with Gasteiger partial charge < -0.3 is 29.2 Å². The minimum absolute atomic E-state index is 0.129. The van der Waals surface area contributed by atoms with E-state index in [1.807, 2.05) is 62.4 Å². The molecule has 2 aromatic heterocycles. The van der Waals surface area contributed by atoms with E-state index in [9.17, 15) is 0 Å². The molecule has 0 amide bonds. The van der Waals surface area contributed by atoms with E-state index in [2.05, 4.69) is 43.7 Å². The first-order valence-corrected chi connectivity index (χ1v) is 13.9. The molecule has 0 saturated heterocycles. The van der Waals surface area contributed by atoms with Crippen LogP contribution < -0.4 is 9.47 Å². The van der Waals surface area contributed by atoms with Gasteiger partial charge in [-0.2, -0.15) is 0 Å². The number of hydrogen-bond donors (Lipinski definition) is 2. The van der Waals surface area contributed by atoms with Crippen LogP contribution >= 0.6 is 15.9 Å². The number of nitrogens with zero attached hydrogens (tertiary/aromatic N) is 2. The molecule has 2 N–H and O–H groups in total. The molecule has 0 aliphatic carbocycles. The number of aromatic nitrogens is 2. The first-order valence-electron chi connectivity index (χ1n) is 13.1. The predicted octanol–water partition coefficient (Wildman–Crippen LogP) is 6.54. The quantitative estimate of drug-likeness (QED) is 0.164. The Morgan fingerprint density at radius 2 is 1.21 bits per heavy atom. The number of aromatic hydroxyl groups is 2. The van der Waals surface area contributed by atoms with E-state index in [0.717, 1.165) is 27.2 Å². The molecule has 0 fully saturated rings. The Morgan fingerprint density at radius 1 is 0.721 bits per heavy atom. The molecule has 43 heavy (non-hydrogen) atoms. The van der Waals surface area contributed by atoms with E-state index >= 15 is 0 Å². The highest BCUT2D eigenvalue weighted by molar-refractivity contribution is 9.10. The van der Waals surface area contributed by atoms with E-state index in [0.29, 0.717) is 18.9 Å². The summed E-state index contributed by atoms with van der Waals surface area (Å²) in [5.74, 6) is 10.4. The van der Waals surface area contributed by atoms with Gasteiger partial charge in [0.2, 0.25) is 0 Å². The zero-order valence-corrected chi connectivity index (χ0v) is 26.1. The lowest BCUT2D eigenvalue weighted by Crippen LogP contribution is -2.05. The highest BCUT2D eigenvalue weighted by atomic mass is 79.9. The number of ether oxygens (including phenoxy) is 4. The van der Waals surface area contributed by atoms with Gasteiger partial charge >= 0.3 is 0 Å². The van der Waals surface area contributed by atoms with Crippen molar-refractivity contribution in [3.05, 3.63) is 107 Å². The monoisotopic (exact) mass is 646 g/mol. The van der Waals surface area contributed by atoms with Crippen molar-refractivity contribution in [3.8, 4) is 47.2 Å². The molecular formula is C34H35BrN2O6. The molecule has 2 aromatic carbocycles. The van der Waals surface area contributed by atoms with Crippen molar-refractivity contribution in [1.82, 2.24) is 9.97 Å². The maximum atomic E-state index is 9.14. The largest absolute Gasteiger partial charge is 0.506 e. The summed E-state index contributed by atoms with van der Waals surface area (Å²) in [7, 11) is 3.28. The van der Waals surface area contributed by atoms with Crippen LogP contribution in [-0.2, 0) is 22.7 Å². The van der Waals surface area contributed by atoms with Gasteiger partial charge in [0.05, 0.1) is 39.8 Å². The number of pyridine rings is 2. The highest BCUT2D eigenvalue weighted by Gasteiger charge is 2.00. The topological polar surface area (TPSA) is 103 Å². The maximum absolute atomic E-state index is 9.14. The summed E-state index contributed by atoms with van der Waals surface area (Å²) in [6.45, 7) is 4.76. The van der Waals surface area contributed by atoms with Crippen molar-refractivity contribution < 1.29 is 29.2 Å². The number of halogens is 1. The van der Waals surface area contributed by atoms with Crippen LogP contribution in [0, 0.1) is 24.2 Å². The fourth-order valence-electron chi connectivity index (χ4n) is 2.98. The van der Waals surface area contributed by atoms with E-state index in [-0.39, 0.29) is 23.7 Å². The molecule has 4 rings (SSSR count). The molecule has 0 aliphatic heterocycles. The zero-order chi connectivity index (χ0) is 31.5. The van der Waals surface area contributed by atoms with Gasteiger partial charge in [-0.05, 0) is 95.4 Å². The van der Waals surface area contributed by atoms with Gasteiger partial charge in [0, 0.05) is 0 Å². The van der Waals surface area contributed by atoms with Crippen LogP contribution in [0.3, 0.4) is 0 Å². The molecule has 2 atom stereocenters. The average molecular weight is 648 g/mol. The van der Waals surface area contributed by atoms with Crippen LogP contribution in [-0.4, -0.2) is 46.6 Å². The Kier molecular flexibility index (Phi) is 15.8. The number of rotatable bonds is 8. The summed E-state index contributed by atoms with van der Waals surface area (Å²) in [4.78, 5) is 7.74. The SMILES string of the molecule is C#CC(C)OCc1ccc(OC)cc1.COc1ccc(COC(C)C#Cc2ccc(O)cn2)cc1.Oc1ccc(Br)nc1. The third kappa shape index (κ3) is 14.8. The third-order valence-corrected chi connectivity index (χ3v) is 5.89. The standard InChI is InChI=1S/C17H17NO3.C12H14O2.C5H4BrNO/c1-13(3-6-15-7-8-16(19)11-18-15)21-12-14-4-9-17(20-2)10-5-14;1-4-10(2)14-9-11-5-7-12(13-3)8-6-11;6-5-2-1-4(8)3-7-5/h4-5,7-11,13,19H,12H2,1-2H3;1,5-8,10H,9H2,2-3H3;1-3,8H. The van der Waals surface area contributed by atoms with Gasteiger partial charge in [0.15, 0.2) is 0 Å². The molecule has 0 saturated carbocycles. The minimum atomic E-state index is -0.206. The summed E-state index contributed by atoms with van der Waals surface area (Å²) < 4.78 is 21.9. The third-order valence-electron chi connectivity index (χ3n) is 5.42. The summed E-state index contributed by atoms with van der Waals surface area (Å²) in [6, 6.07) is 21.9. The first-order chi connectivity index (χ1) is 20.7. The fourth-order valence-corrected chi connectivity index (χ4v) is 3.21. The second kappa shape index (κ2) is 19.6. The van der Waals surface area contributed by atoms with Crippen molar-refractivity contribution in [2.75, 3.05) is 14.2 Å². The minimum Gasteiger partial charge on any atom is -0.506 e. The molecule has 2 heterocycles. The molecule has 0 bridgehead atoms.